The van der Waals surface area contributed by atoms with Crippen LogP contribution >= 0.6 is 11.6 Å². The summed E-state index contributed by atoms with van der Waals surface area (Å²) in [7, 11) is 0. The maximum atomic E-state index is 12.6. The highest BCUT2D eigenvalue weighted by Gasteiger charge is 2.09. The molecule has 0 bridgehead atoms. The van der Waals surface area contributed by atoms with E-state index in [2.05, 4.69) is 5.32 Å². The average molecular weight is 150 g/mol. The van der Waals surface area contributed by atoms with Crippen molar-refractivity contribution in [1.29, 1.82) is 0 Å². The van der Waals surface area contributed by atoms with Gasteiger partial charge in [0.1, 0.15) is 5.83 Å². The van der Waals surface area contributed by atoms with Crippen LogP contribution in [-0.4, -0.2) is 19.0 Å². The van der Waals surface area contributed by atoms with E-state index in [1.54, 1.807) is 0 Å². The standard InChI is InChI=1S/C6H9ClFN/c7-3-5-1-2-9-4-6(5)8/h9H,1-4H2. The zero-order valence-electron chi connectivity index (χ0n) is 5.08. The van der Waals surface area contributed by atoms with Gasteiger partial charge in [0.2, 0.25) is 0 Å². The van der Waals surface area contributed by atoms with Gasteiger partial charge in [-0.05, 0) is 18.5 Å². The van der Waals surface area contributed by atoms with Gasteiger partial charge in [0.15, 0.2) is 0 Å². The largest absolute Gasteiger partial charge is 0.310 e. The molecule has 0 saturated heterocycles. The zero-order valence-corrected chi connectivity index (χ0v) is 5.84. The number of rotatable bonds is 1. The average Bonchev–Trinajstić information content (AvgIpc) is 1.89. The van der Waals surface area contributed by atoms with E-state index in [0.29, 0.717) is 12.4 Å². The maximum Gasteiger partial charge on any atom is 0.114 e. The van der Waals surface area contributed by atoms with Crippen molar-refractivity contribution >= 4 is 11.6 Å². The van der Waals surface area contributed by atoms with Crippen LogP contribution in [-0.2, 0) is 0 Å². The summed E-state index contributed by atoms with van der Waals surface area (Å²) in [6.45, 7) is 1.22. The van der Waals surface area contributed by atoms with Crippen molar-refractivity contribution < 1.29 is 4.39 Å². The molecule has 0 spiro atoms. The van der Waals surface area contributed by atoms with Gasteiger partial charge in [0, 0.05) is 12.4 Å². The van der Waals surface area contributed by atoms with Crippen molar-refractivity contribution in [2.75, 3.05) is 19.0 Å². The molecule has 1 heterocycles. The molecular weight excluding hydrogens is 141 g/mol. The molecule has 0 unspecified atom stereocenters. The van der Waals surface area contributed by atoms with Gasteiger partial charge in [-0.1, -0.05) is 0 Å². The van der Waals surface area contributed by atoms with Crippen molar-refractivity contribution in [1.82, 2.24) is 5.32 Å². The second kappa shape index (κ2) is 3.18. The second-order valence-electron chi connectivity index (χ2n) is 2.07. The molecule has 1 aliphatic heterocycles. The van der Waals surface area contributed by atoms with Crippen molar-refractivity contribution in [3.8, 4) is 0 Å². The molecule has 0 fully saturated rings. The van der Waals surface area contributed by atoms with E-state index in [0.717, 1.165) is 18.5 Å². The smallest absolute Gasteiger partial charge is 0.114 e. The van der Waals surface area contributed by atoms with Gasteiger partial charge >= 0.3 is 0 Å². The van der Waals surface area contributed by atoms with Crippen molar-refractivity contribution in [3.05, 3.63) is 11.4 Å². The van der Waals surface area contributed by atoms with E-state index in [9.17, 15) is 4.39 Å². The fraction of sp³-hybridized carbons (Fsp3) is 0.667. The normalized spacial score (nSPS) is 20.7. The summed E-state index contributed by atoms with van der Waals surface area (Å²) in [5, 5.41) is 2.91. The minimum atomic E-state index is -0.0729. The SMILES string of the molecule is FC1=C(CCl)CCNC1. The molecule has 3 heteroatoms. The Bertz CT molecular complexity index is 133. The minimum Gasteiger partial charge on any atom is -0.310 e. The van der Waals surface area contributed by atoms with Gasteiger partial charge in [-0.2, -0.15) is 0 Å². The summed E-state index contributed by atoms with van der Waals surface area (Å²) in [4.78, 5) is 0. The van der Waals surface area contributed by atoms with E-state index < -0.39 is 0 Å². The van der Waals surface area contributed by atoms with Gasteiger partial charge in [-0.25, -0.2) is 4.39 Å². The Balaban J connectivity index is 2.59. The van der Waals surface area contributed by atoms with Crippen molar-refractivity contribution in [2.45, 2.75) is 6.42 Å². The molecule has 0 amide bonds. The van der Waals surface area contributed by atoms with Crippen LogP contribution in [0.15, 0.2) is 11.4 Å². The Morgan fingerprint density at radius 1 is 1.67 bits per heavy atom. The molecule has 0 aliphatic carbocycles. The first-order chi connectivity index (χ1) is 4.34. The Morgan fingerprint density at radius 3 is 2.89 bits per heavy atom. The van der Waals surface area contributed by atoms with Crippen molar-refractivity contribution in [2.24, 2.45) is 0 Å². The van der Waals surface area contributed by atoms with Crippen LogP contribution in [0.5, 0.6) is 0 Å². The first-order valence-electron chi connectivity index (χ1n) is 2.97. The fourth-order valence-electron chi connectivity index (χ4n) is 0.837. The molecule has 0 radical (unpaired) electrons. The van der Waals surface area contributed by atoms with E-state index in [4.69, 9.17) is 11.6 Å². The first-order valence-corrected chi connectivity index (χ1v) is 3.51. The summed E-state index contributed by atoms with van der Waals surface area (Å²) in [6, 6.07) is 0. The number of halogens is 2. The predicted molar refractivity (Wildman–Crippen MR) is 36.3 cm³/mol. The molecule has 0 aromatic heterocycles. The number of nitrogens with one attached hydrogen (secondary N) is 1. The lowest BCUT2D eigenvalue weighted by Gasteiger charge is -2.13. The molecule has 52 valence electrons. The highest BCUT2D eigenvalue weighted by Crippen LogP contribution is 2.14. The lowest BCUT2D eigenvalue weighted by atomic mass is 10.1. The molecule has 1 aliphatic rings. The van der Waals surface area contributed by atoms with E-state index in [-0.39, 0.29) is 5.83 Å². The molecule has 0 atom stereocenters. The van der Waals surface area contributed by atoms with Gasteiger partial charge in [-0.15, -0.1) is 11.6 Å². The van der Waals surface area contributed by atoms with Gasteiger partial charge in [0.25, 0.3) is 0 Å². The molecule has 0 aromatic rings. The van der Waals surface area contributed by atoms with Gasteiger partial charge in [0.05, 0.1) is 0 Å². The third-order valence-corrected chi connectivity index (χ3v) is 1.75. The highest BCUT2D eigenvalue weighted by molar-refractivity contribution is 6.19. The monoisotopic (exact) mass is 149 g/mol. The van der Waals surface area contributed by atoms with Crippen LogP contribution in [0.2, 0.25) is 0 Å². The lowest BCUT2D eigenvalue weighted by Crippen LogP contribution is -2.23. The molecule has 1 N–H and O–H groups in total. The summed E-state index contributed by atoms with van der Waals surface area (Å²) >= 11 is 5.45. The molecular formula is C6H9ClFN. The molecule has 0 aromatic carbocycles. The molecule has 1 rings (SSSR count). The number of hydrogen-bond donors (Lipinski definition) is 1. The second-order valence-corrected chi connectivity index (χ2v) is 2.34. The Kier molecular flexibility index (Phi) is 2.49. The Morgan fingerprint density at radius 2 is 2.44 bits per heavy atom. The van der Waals surface area contributed by atoms with Crippen LogP contribution in [0, 0.1) is 0 Å². The van der Waals surface area contributed by atoms with Crippen LogP contribution in [0.3, 0.4) is 0 Å². The Labute approximate surface area is 58.9 Å². The number of alkyl halides is 1. The van der Waals surface area contributed by atoms with E-state index in [1.807, 2.05) is 0 Å². The zero-order chi connectivity index (χ0) is 6.69. The van der Waals surface area contributed by atoms with Crippen LogP contribution in [0.4, 0.5) is 4.39 Å². The third-order valence-electron chi connectivity index (χ3n) is 1.43. The highest BCUT2D eigenvalue weighted by atomic mass is 35.5. The first kappa shape index (κ1) is 7.03. The van der Waals surface area contributed by atoms with Gasteiger partial charge < -0.3 is 5.32 Å². The molecule has 1 nitrogen and oxygen atoms in total. The summed E-state index contributed by atoms with van der Waals surface area (Å²) < 4.78 is 12.6. The summed E-state index contributed by atoms with van der Waals surface area (Å²) in [5.41, 5.74) is 0.760. The predicted octanol–water partition coefficient (Wildman–Crippen LogP) is 1.44. The van der Waals surface area contributed by atoms with E-state index >= 15 is 0 Å². The van der Waals surface area contributed by atoms with Crippen LogP contribution in [0.25, 0.3) is 0 Å². The Hall–Kier alpha value is -0.0800. The quantitative estimate of drug-likeness (QED) is 0.557. The van der Waals surface area contributed by atoms with Crippen LogP contribution in [0.1, 0.15) is 6.42 Å². The minimum absolute atomic E-state index is 0.0729. The van der Waals surface area contributed by atoms with Crippen LogP contribution < -0.4 is 5.32 Å². The molecule has 9 heavy (non-hydrogen) atoms. The lowest BCUT2D eigenvalue weighted by molar-refractivity contribution is 0.526. The van der Waals surface area contributed by atoms with E-state index in [1.165, 1.54) is 0 Å². The summed E-state index contributed by atoms with van der Waals surface area (Å²) in [6.07, 6.45) is 0.759. The third kappa shape index (κ3) is 1.66. The van der Waals surface area contributed by atoms with Crippen molar-refractivity contribution in [3.63, 3.8) is 0 Å². The summed E-state index contributed by atoms with van der Waals surface area (Å²) in [5.74, 6) is 0.268. The maximum absolute atomic E-state index is 12.6. The van der Waals surface area contributed by atoms with Gasteiger partial charge in [-0.3, -0.25) is 0 Å². The topological polar surface area (TPSA) is 12.0 Å². The fourth-order valence-corrected chi connectivity index (χ4v) is 1.12. The molecule has 0 saturated carbocycles. The number of hydrogen-bond acceptors (Lipinski definition) is 1.